The number of rotatable bonds is 7. The number of ether oxygens (including phenoxy) is 2. The first-order chi connectivity index (χ1) is 11.0. The zero-order valence-corrected chi connectivity index (χ0v) is 14.8. The molecule has 0 saturated carbocycles. The van der Waals surface area contributed by atoms with Gasteiger partial charge in [-0.15, -0.1) is 0 Å². The van der Waals surface area contributed by atoms with Crippen molar-refractivity contribution in [2.75, 3.05) is 19.8 Å². The van der Waals surface area contributed by atoms with Crippen LogP contribution in [0.2, 0.25) is 0 Å². The van der Waals surface area contributed by atoms with Crippen LogP contribution in [0, 0.1) is 0 Å². The highest BCUT2D eigenvalue weighted by Gasteiger charge is 2.27. The molecule has 0 amide bonds. The molecule has 2 atom stereocenters. The van der Waals surface area contributed by atoms with Crippen LogP contribution in [-0.2, 0) is 10.0 Å². The lowest BCUT2D eigenvalue weighted by Gasteiger charge is -2.30. The molecular weight excluding hydrogens is 316 g/mol. The van der Waals surface area contributed by atoms with Gasteiger partial charge in [-0.2, -0.15) is 0 Å². The average Bonchev–Trinajstić information content (AvgIpc) is 2.51. The summed E-state index contributed by atoms with van der Waals surface area (Å²) in [4.78, 5) is 0.196. The van der Waals surface area contributed by atoms with Gasteiger partial charge in [-0.1, -0.05) is 0 Å². The number of piperidine rings is 1. The minimum absolute atomic E-state index is 0.101. The molecule has 1 aromatic rings. The van der Waals surface area contributed by atoms with Crippen molar-refractivity contribution in [3.8, 4) is 11.5 Å². The molecule has 130 valence electrons. The fourth-order valence-corrected chi connectivity index (χ4v) is 4.04. The zero-order chi connectivity index (χ0) is 16.9. The summed E-state index contributed by atoms with van der Waals surface area (Å²) in [6, 6.07) is 4.74. The van der Waals surface area contributed by atoms with Crippen molar-refractivity contribution in [1.29, 1.82) is 0 Å². The Morgan fingerprint density at radius 1 is 1.22 bits per heavy atom. The van der Waals surface area contributed by atoms with Crippen molar-refractivity contribution in [3.63, 3.8) is 0 Å². The first-order valence-corrected chi connectivity index (χ1v) is 9.61. The highest BCUT2D eigenvalue weighted by molar-refractivity contribution is 7.89. The molecule has 0 bridgehead atoms. The SMILES string of the molecule is CCOc1ccc(S(=O)(=O)NC2CCCNC2C)cc1OCC. The second kappa shape index (κ2) is 7.99. The van der Waals surface area contributed by atoms with Crippen LogP contribution in [0.25, 0.3) is 0 Å². The first kappa shape index (κ1) is 18.0. The summed E-state index contributed by atoms with van der Waals surface area (Å²) >= 11 is 0. The van der Waals surface area contributed by atoms with Gasteiger partial charge in [0.25, 0.3) is 0 Å². The Labute approximate surface area is 138 Å². The largest absolute Gasteiger partial charge is 0.490 e. The lowest BCUT2D eigenvalue weighted by Crippen LogP contribution is -2.51. The van der Waals surface area contributed by atoms with Gasteiger partial charge in [0.15, 0.2) is 11.5 Å². The standard InChI is InChI=1S/C16H26N2O4S/c1-4-21-15-9-8-13(11-16(15)22-5-2)23(19,20)18-14-7-6-10-17-12(14)3/h8-9,11-12,14,17-18H,4-7,10H2,1-3H3. The van der Waals surface area contributed by atoms with Crippen LogP contribution < -0.4 is 19.5 Å². The van der Waals surface area contributed by atoms with Crippen molar-refractivity contribution >= 4 is 10.0 Å². The van der Waals surface area contributed by atoms with E-state index in [9.17, 15) is 8.42 Å². The van der Waals surface area contributed by atoms with Gasteiger partial charge in [0.1, 0.15) is 0 Å². The van der Waals surface area contributed by atoms with Crippen molar-refractivity contribution in [2.45, 2.75) is 50.6 Å². The molecule has 2 unspecified atom stereocenters. The van der Waals surface area contributed by atoms with Crippen LogP contribution in [0.5, 0.6) is 11.5 Å². The highest BCUT2D eigenvalue weighted by Crippen LogP contribution is 2.30. The molecule has 1 fully saturated rings. The van der Waals surface area contributed by atoms with Crippen LogP contribution in [0.15, 0.2) is 23.1 Å². The van der Waals surface area contributed by atoms with E-state index in [0.717, 1.165) is 19.4 Å². The lowest BCUT2D eigenvalue weighted by atomic mass is 10.0. The predicted octanol–water partition coefficient (Wildman–Crippen LogP) is 1.90. The fourth-order valence-electron chi connectivity index (χ4n) is 2.67. The Balaban J connectivity index is 2.22. The van der Waals surface area contributed by atoms with E-state index >= 15 is 0 Å². The quantitative estimate of drug-likeness (QED) is 0.791. The van der Waals surface area contributed by atoms with E-state index in [1.54, 1.807) is 12.1 Å². The highest BCUT2D eigenvalue weighted by atomic mass is 32.2. The van der Waals surface area contributed by atoms with E-state index in [0.29, 0.717) is 24.7 Å². The number of benzene rings is 1. The van der Waals surface area contributed by atoms with Crippen LogP contribution in [0.4, 0.5) is 0 Å². The number of hydrogen-bond donors (Lipinski definition) is 2. The maximum absolute atomic E-state index is 12.6. The van der Waals surface area contributed by atoms with E-state index in [4.69, 9.17) is 9.47 Å². The summed E-state index contributed by atoms with van der Waals surface area (Å²) in [5, 5.41) is 3.29. The van der Waals surface area contributed by atoms with Gasteiger partial charge in [-0.05, 0) is 52.3 Å². The van der Waals surface area contributed by atoms with Gasteiger partial charge in [-0.3, -0.25) is 0 Å². The van der Waals surface area contributed by atoms with Crippen LogP contribution in [0.1, 0.15) is 33.6 Å². The second-order valence-electron chi connectivity index (χ2n) is 5.59. The third kappa shape index (κ3) is 4.59. The van der Waals surface area contributed by atoms with Gasteiger partial charge in [-0.25, -0.2) is 13.1 Å². The zero-order valence-electron chi connectivity index (χ0n) is 14.0. The van der Waals surface area contributed by atoms with E-state index in [2.05, 4.69) is 10.0 Å². The van der Waals surface area contributed by atoms with Crippen molar-refractivity contribution < 1.29 is 17.9 Å². The number of nitrogens with one attached hydrogen (secondary N) is 2. The summed E-state index contributed by atoms with van der Waals surface area (Å²) in [6.45, 7) is 7.59. The van der Waals surface area contributed by atoms with Crippen LogP contribution >= 0.6 is 0 Å². The molecule has 1 aliphatic rings. The summed E-state index contributed by atoms with van der Waals surface area (Å²) in [7, 11) is -3.59. The van der Waals surface area contributed by atoms with E-state index in [1.807, 2.05) is 20.8 Å². The Hall–Kier alpha value is -1.31. The maximum Gasteiger partial charge on any atom is 0.241 e. The minimum Gasteiger partial charge on any atom is -0.490 e. The number of sulfonamides is 1. The van der Waals surface area contributed by atoms with Crippen LogP contribution in [-0.4, -0.2) is 40.3 Å². The predicted molar refractivity (Wildman–Crippen MR) is 89.6 cm³/mol. The van der Waals surface area contributed by atoms with Gasteiger partial charge >= 0.3 is 0 Å². The molecule has 0 radical (unpaired) electrons. The van der Waals surface area contributed by atoms with E-state index < -0.39 is 10.0 Å². The van der Waals surface area contributed by atoms with Crippen molar-refractivity contribution in [2.24, 2.45) is 0 Å². The minimum atomic E-state index is -3.59. The molecule has 2 rings (SSSR count). The summed E-state index contributed by atoms with van der Waals surface area (Å²) in [6.07, 6.45) is 1.80. The van der Waals surface area contributed by atoms with Gasteiger partial charge in [0, 0.05) is 18.2 Å². The van der Waals surface area contributed by atoms with Gasteiger partial charge in [0.2, 0.25) is 10.0 Å². The summed E-state index contributed by atoms with van der Waals surface area (Å²) < 4.78 is 39.0. The van der Waals surface area contributed by atoms with E-state index in [1.165, 1.54) is 6.07 Å². The Morgan fingerprint density at radius 3 is 2.57 bits per heavy atom. The molecule has 2 N–H and O–H groups in total. The third-order valence-electron chi connectivity index (χ3n) is 3.89. The molecule has 6 nitrogen and oxygen atoms in total. The average molecular weight is 342 g/mol. The molecule has 1 aliphatic heterocycles. The number of hydrogen-bond acceptors (Lipinski definition) is 5. The molecule has 0 aromatic heterocycles. The topological polar surface area (TPSA) is 76.7 Å². The Morgan fingerprint density at radius 2 is 1.91 bits per heavy atom. The molecule has 23 heavy (non-hydrogen) atoms. The normalized spacial score (nSPS) is 21.9. The smallest absolute Gasteiger partial charge is 0.241 e. The van der Waals surface area contributed by atoms with Crippen molar-refractivity contribution in [3.05, 3.63) is 18.2 Å². The maximum atomic E-state index is 12.6. The molecule has 1 aromatic carbocycles. The molecular formula is C16H26N2O4S. The molecule has 0 spiro atoms. The van der Waals surface area contributed by atoms with E-state index in [-0.39, 0.29) is 17.0 Å². The first-order valence-electron chi connectivity index (χ1n) is 8.13. The lowest BCUT2D eigenvalue weighted by molar-refractivity contribution is 0.287. The molecule has 1 heterocycles. The molecule has 7 heteroatoms. The van der Waals surface area contributed by atoms with Gasteiger partial charge in [0.05, 0.1) is 18.1 Å². The Bertz CT molecular complexity index is 619. The van der Waals surface area contributed by atoms with Gasteiger partial charge < -0.3 is 14.8 Å². The summed E-state index contributed by atoms with van der Waals surface area (Å²) in [5.41, 5.74) is 0. The van der Waals surface area contributed by atoms with Crippen LogP contribution in [0.3, 0.4) is 0 Å². The monoisotopic (exact) mass is 342 g/mol. The summed E-state index contributed by atoms with van der Waals surface area (Å²) in [5.74, 6) is 1.01. The Kier molecular flexibility index (Phi) is 6.26. The second-order valence-corrected chi connectivity index (χ2v) is 7.30. The van der Waals surface area contributed by atoms with Crippen molar-refractivity contribution in [1.82, 2.24) is 10.0 Å². The third-order valence-corrected chi connectivity index (χ3v) is 5.38. The molecule has 1 saturated heterocycles. The fraction of sp³-hybridized carbons (Fsp3) is 0.625. The molecule has 0 aliphatic carbocycles.